The second-order valence-electron chi connectivity index (χ2n) is 15.3. The molecule has 1 nitrogen and oxygen atoms in total. The zero-order valence-electron chi connectivity index (χ0n) is 34.5. The van der Waals surface area contributed by atoms with Crippen LogP contribution in [-0.4, -0.2) is 0 Å². The lowest BCUT2D eigenvalue weighted by Crippen LogP contribution is -2.23. The van der Waals surface area contributed by atoms with E-state index in [9.17, 15) is 0 Å². The molecular weight excluding hydrogens is 723 g/mol. The van der Waals surface area contributed by atoms with Crippen molar-refractivity contribution in [2.75, 3.05) is 5.73 Å². The van der Waals surface area contributed by atoms with Gasteiger partial charge in [0.15, 0.2) is 0 Å². The van der Waals surface area contributed by atoms with E-state index < -0.39 is 0 Å². The predicted octanol–water partition coefficient (Wildman–Crippen LogP) is 16.1. The Hall–Kier alpha value is -7.22. The molecule has 292 valence electrons. The molecule has 0 amide bonds. The summed E-state index contributed by atoms with van der Waals surface area (Å²) in [6.45, 7) is 4.60. The van der Waals surface area contributed by atoms with Gasteiger partial charge in [-0.1, -0.05) is 232 Å². The van der Waals surface area contributed by atoms with Gasteiger partial charge in [-0.05, 0) is 109 Å². The topological polar surface area (TPSA) is 26.0 Å². The zero-order chi connectivity index (χ0) is 41.2. The minimum atomic E-state index is 0.0417. The Morgan fingerprint density at radius 3 is 0.850 bits per heavy atom. The molecule has 0 fully saturated rings. The van der Waals surface area contributed by atoms with E-state index in [2.05, 4.69) is 220 Å². The third kappa shape index (κ3) is 8.63. The first-order valence-corrected chi connectivity index (χ1v) is 21.1. The van der Waals surface area contributed by atoms with Crippen LogP contribution in [0.1, 0.15) is 37.8 Å². The van der Waals surface area contributed by atoms with Crippen molar-refractivity contribution in [3.8, 4) is 66.8 Å². The van der Waals surface area contributed by atoms with E-state index in [0.717, 1.165) is 18.5 Å². The van der Waals surface area contributed by atoms with Crippen molar-refractivity contribution >= 4 is 5.69 Å². The van der Waals surface area contributed by atoms with E-state index in [-0.39, 0.29) is 5.41 Å². The predicted molar refractivity (Wildman–Crippen MR) is 258 cm³/mol. The molecule has 0 aromatic heterocycles. The Bertz CT molecular complexity index is 2620. The van der Waals surface area contributed by atoms with Crippen LogP contribution in [0.5, 0.6) is 0 Å². The Morgan fingerprint density at radius 2 is 0.533 bits per heavy atom. The molecule has 60 heavy (non-hydrogen) atoms. The summed E-state index contributed by atoms with van der Waals surface area (Å²) in [6.07, 6.45) is 2.15. The Balaban J connectivity index is 0.000000140. The summed E-state index contributed by atoms with van der Waals surface area (Å²) in [5.74, 6) is 0. The van der Waals surface area contributed by atoms with E-state index in [1.165, 1.54) is 77.9 Å². The van der Waals surface area contributed by atoms with E-state index in [4.69, 9.17) is 5.73 Å². The van der Waals surface area contributed by atoms with Crippen LogP contribution in [0.25, 0.3) is 66.8 Å². The van der Waals surface area contributed by atoms with E-state index in [1.807, 2.05) is 30.3 Å². The molecule has 0 heterocycles. The summed E-state index contributed by atoms with van der Waals surface area (Å²) < 4.78 is 0. The van der Waals surface area contributed by atoms with Crippen LogP contribution in [-0.2, 0) is 5.41 Å². The summed E-state index contributed by atoms with van der Waals surface area (Å²) >= 11 is 0. The van der Waals surface area contributed by atoms with Crippen LogP contribution in [0.3, 0.4) is 0 Å². The molecule has 0 unspecified atom stereocenters. The summed E-state index contributed by atoms with van der Waals surface area (Å²) in [5.41, 5.74) is 25.2. The lowest BCUT2D eigenvalue weighted by molar-refractivity contribution is 0.491. The smallest absolute Gasteiger partial charge is 0.0317 e. The van der Waals surface area contributed by atoms with Gasteiger partial charge >= 0.3 is 0 Å². The number of fused-ring (bicyclic) bond motifs is 3. The maximum atomic E-state index is 6.18. The van der Waals surface area contributed by atoms with Crippen molar-refractivity contribution in [1.29, 1.82) is 0 Å². The summed E-state index contributed by atoms with van der Waals surface area (Å²) in [5, 5.41) is 0. The van der Waals surface area contributed by atoms with Gasteiger partial charge in [0.05, 0.1) is 0 Å². The molecule has 0 radical (unpaired) electrons. The highest BCUT2D eigenvalue weighted by Crippen LogP contribution is 2.54. The first-order chi connectivity index (χ1) is 29.6. The molecule has 2 N–H and O–H groups in total. The molecule has 1 aliphatic carbocycles. The minimum Gasteiger partial charge on any atom is -0.399 e. The summed E-state index contributed by atoms with van der Waals surface area (Å²) in [4.78, 5) is 0. The average molecular weight is 774 g/mol. The van der Waals surface area contributed by atoms with Gasteiger partial charge in [-0.15, -0.1) is 0 Å². The molecule has 9 aromatic rings. The van der Waals surface area contributed by atoms with Crippen LogP contribution in [0, 0.1) is 0 Å². The van der Waals surface area contributed by atoms with Gasteiger partial charge in [0.1, 0.15) is 0 Å². The van der Waals surface area contributed by atoms with Gasteiger partial charge in [0.25, 0.3) is 0 Å². The molecule has 10 rings (SSSR count). The highest BCUT2D eigenvalue weighted by Gasteiger charge is 2.40. The molecule has 0 aliphatic heterocycles. The monoisotopic (exact) mass is 773 g/mol. The number of benzene rings is 9. The van der Waals surface area contributed by atoms with E-state index in [0.29, 0.717) is 0 Å². The highest BCUT2D eigenvalue weighted by molar-refractivity contribution is 5.85. The first kappa shape index (κ1) is 39.6. The molecule has 0 spiro atoms. The minimum absolute atomic E-state index is 0.0417. The van der Waals surface area contributed by atoms with Crippen LogP contribution < -0.4 is 5.73 Å². The van der Waals surface area contributed by atoms with E-state index >= 15 is 0 Å². The number of anilines is 1. The third-order valence-electron chi connectivity index (χ3n) is 11.9. The Kier molecular flexibility index (Phi) is 12.3. The highest BCUT2D eigenvalue weighted by atomic mass is 14.6. The molecule has 1 aliphatic rings. The maximum Gasteiger partial charge on any atom is 0.0317 e. The van der Waals surface area contributed by atoms with Crippen LogP contribution in [0.15, 0.2) is 237 Å². The largest absolute Gasteiger partial charge is 0.399 e. The van der Waals surface area contributed by atoms with Crippen LogP contribution in [0.2, 0.25) is 0 Å². The quantitative estimate of drug-likeness (QED) is 0.160. The lowest BCUT2D eigenvalue weighted by Gasteiger charge is -2.30. The van der Waals surface area contributed by atoms with Crippen molar-refractivity contribution < 1.29 is 0 Å². The van der Waals surface area contributed by atoms with Crippen molar-refractivity contribution in [2.24, 2.45) is 0 Å². The summed E-state index contributed by atoms with van der Waals surface area (Å²) in [6, 6.07) is 83.3. The van der Waals surface area contributed by atoms with Crippen molar-refractivity contribution in [3.63, 3.8) is 0 Å². The molecule has 0 saturated carbocycles. The fourth-order valence-corrected chi connectivity index (χ4v) is 8.57. The zero-order valence-corrected chi connectivity index (χ0v) is 34.5. The third-order valence-corrected chi connectivity index (χ3v) is 11.9. The number of nitrogen functional groups attached to an aromatic ring is 1. The molecule has 1 heteroatoms. The lowest BCUT2D eigenvalue weighted by atomic mass is 9.73. The van der Waals surface area contributed by atoms with E-state index in [1.54, 1.807) is 0 Å². The van der Waals surface area contributed by atoms with Gasteiger partial charge in [-0.25, -0.2) is 0 Å². The average Bonchev–Trinajstić information content (AvgIpc) is 3.61. The number of hydrogen-bond acceptors (Lipinski definition) is 1. The number of nitrogens with two attached hydrogens (primary N) is 1. The van der Waals surface area contributed by atoms with Gasteiger partial charge in [-0.3, -0.25) is 0 Å². The Morgan fingerprint density at radius 1 is 0.283 bits per heavy atom. The second-order valence-corrected chi connectivity index (χ2v) is 15.3. The van der Waals surface area contributed by atoms with Crippen LogP contribution >= 0.6 is 0 Å². The fraction of sp³-hybridized carbons (Fsp3) is 0.0847. The van der Waals surface area contributed by atoms with Crippen molar-refractivity contribution in [2.45, 2.75) is 32.1 Å². The molecule has 9 aromatic carbocycles. The summed E-state index contributed by atoms with van der Waals surface area (Å²) in [7, 11) is 0. The van der Waals surface area contributed by atoms with Gasteiger partial charge in [-0.2, -0.15) is 0 Å². The maximum absolute atomic E-state index is 6.18. The van der Waals surface area contributed by atoms with Crippen molar-refractivity contribution in [3.05, 3.63) is 248 Å². The number of rotatable bonds is 7. The molecular formula is C59H51N. The normalized spacial score (nSPS) is 11.8. The number of hydrogen-bond donors (Lipinski definition) is 1. The van der Waals surface area contributed by atoms with Gasteiger partial charge < -0.3 is 5.73 Å². The molecule has 0 saturated heterocycles. The fourth-order valence-electron chi connectivity index (χ4n) is 8.57. The second kappa shape index (κ2) is 18.6. The standard InChI is InChI=1S/C29H27N.C18H14.C12H10/c1-3-29(4-2)27-18-23(14-16-25(27)26-17-15-24(30)19-28(26)29)22-12-10-21(11-13-22)20-8-6-5-7-9-20;1-3-7-15(8-4-1)17-11-13-18(14-12-17)16-9-5-2-6-10-16;1-3-7-11(8-4-1)12-9-5-2-6-10-12/h5-19H,3-4,30H2,1-2H3;1-14H;1-10H. The molecule has 0 bridgehead atoms. The Labute approximate surface area is 356 Å². The van der Waals surface area contributed by atoms with Gasteiger partial charge in [0.2, 0.25) is 0 Å². The molecule has 0 atom stereocenters. The van der Waals surface area contributed by atoms with Gasteiger partial charge in [0, 0.05) is 11.1 Å². The first-order valence-electron chi connectivity index (χ1n) is 21.1. The SMILES string of the molecule is CCC1(CC)c2cc(N)ccc2-c2ccc(-c3ccc(-c4ccccc4)cc3)cc21.c1ccc(-c2ccc(-c3ccccc3)cc2)cc1.c1ccc(-c2ccccc2)cc1. The van der Waals surface area contributed by atoms with Crippen molar-refractivity contribution in [1.82, 2.24) is 0 Å². The van der Waals surface area contributed by atoms with Crippen LogP contribution in [0.4, 0.5) is 5.69 Å².